The van der Waals surface area contributed by atoms with Crippen LogP contribution in [0.5, 0.6) is 5.75 Å². The molecule has 0 saturated carbocycles. The molecule has 7 heteroatoms. The molecule has 2 heterocycles. The summed E-state index contributed by atoms with van der Waals surface area (Å²) in [5, 5.41) is 24.2. The third-order valence-corrected chi connectivity index (χ3v) is 5.06. The second-order valence-corrected chi connectivity index (χ2v) is 7.97. The Bertz CT molecular complexity index is 821. The molecular weight excluding hydrogens is 346 g/mol. The van der Waals surface area contributed by atoms with Crippen molar-refractivity contribution in [2.75, 3.05) is 13.7 Å². The molecule has 0 aliphatic carbocycles. The molecule has 0 fully saturated rings. The number of benzene rings is 1. The highest BCUT2D eigenvalue weighted by atomic mass is 16.5. The zero-order valence-electron chi connectivity index (χ0n) is 16.3. The third-order valence-electron chi connectivity index (χ3n) is 5.06. The Morgan fingerprint density at radius 3 is 2.48 bits per heavy atom. The quantitative estimate of drug-likeness (QED) is 0.860. The minimum atomic E-state index is -0.938. The number of rotatable bonds is 4. The van der Waals surface area contributed by atoms with Crippen molar-refractivity contribution in [2.45, 2.75) is 46.4 Å². The van der Waals surface area contributed by atoms with Crippen LogP contribution in [0.15, 0.2) is 24.3 Å². The molecule has 1 aromatic carbocycles. The molecule has 1 unspecified atom stereocenters. The molecule has 0 radical (unpaired) electrons. The predicted molar refractivity (Wildman–Crippen MR) is 101 cm³/mol. The van der Waals surface area contributed by atoms with Crippen molar-refractivity contribution in [1.82, 2.24) is 14.7 Å². The van der Waals surface area contributed by atoms with Crippen molar-refractivity contribution in [3.63, 3.8) is 0 Å². The number of hydrogen-bond donors (Lipinski definition) is 2. The first-order chi connectivity index (χ1) is 12.8. The van der Waals surface area contributed by atoms with Crippen LogP contribution in [0.4, 0.5) is 4.79 Å². The molecule has 146 valence electrons. The first-order valence-corrected chi connectivity index (χ1v) is 9.08. The van der Waals surface area contributed by atoms with Crippen molar-refractivity contribution in [3.8, 4) is 5.75 Å². The first-order valence-electron chi connectivity index (χ1n) is 9.08. The summed E-state index contributed by atoms with van der Waals surface area (Å²) >= 11 is 0. The number of carboxylic acid groups (broad SMARTS) is 1. The van der Waals surface area contributed by atoms with Gasteiger partial charge in [-0.3, -0.25) is 4.68 Å². The number of fused-ring (bicyclic) bond motifs is 1. The smallest absolute Gasteiger partial charge is 0.407 e. The van der Waals surface area contributed by atoms with Crippen molar-refractivity contribution in [2.24, 2.45) is 5.41 Å². The van der Waals surface area contributed by atoms with Gasteiger partial charge in [0.2, 0.25) is 0 Å². The lowest BCUT2D eigenvalue weighted by atomic mass is 9.78. The molecular formula is C20H27N3O4. The lowest BCUT2D eigenvalue weighted by Crippen LogP contribution is -2.45. The average Bonchev–Trinajstić information content (AvgIpc) is 2.98. The van der Waals surface area contributed by atoms with Gasteiger partial charge in [-0.2, -0.15) is 5.10 Å². The molecule has 1 atom stereocenters. The Balaban J connectivity index is 2.03. The molecule has 0 spiro atoms. The van der Waals surface area contributed by atoms with E-state index in [1.165, 1.54) is 4.90 Å². The predicted octanol–water partition coefficient (Wildman–Crippen LogP) is 3.06. The zero-order valence-corrected chi connectivity index (χ0v) is 16.3. The number of methoxy groups -OCH3 is 1. The number of aliphatic hydroxyl groups is 1. The summed E-state index contributed by atoms with van der Waals surface area (Å²) in [7, 11) is 1.63. The van der Waals surface area contributed by atoms with Gasteiger partial charge in [0.25, 0.3) is 0 Å². The summed E-state index contributed by atoms with van der Waals surface area (Å²) in [6.07, 6.45) is -0.357. The molecule has 2 N–H and O–H groups in total. The van der Waals surface area contributed by atoms with E-state index in [1.54, 1.807) is 7.11 Å². The standard InChI is InChI=1S/C20H27N3O4/c1-20(2,3)18-17-15(12-24)21-23(16(17)9-10-22(18)19(25)26)11-13-5-7-14(27-4)8-6-13/h5-8,18,24H,9-12H2,1-4H3,(H,25,26). The SMILES string of the molecule is COc1ccc(Cn2nc(CO)c3c2CCN(C(=O)O)C3C(C)(C)C)cc1. The van der Waals surface area contributed by atoms with Crippen LogP contribution in [0.3, 0.4) is 0 Å². The van der Waals surface area contributed by atoms with Crippen LogP contribution in [0.25, 0.3) is 0 Å². The van der Waals surface area contributed by atoms with Crippen LogP contribution in [-0.4, -0.2) is 44.6 Å². The van der Waals surface area contributed by atoms with E-state index in [9.17, 15) is 15.0 Å². The van der Waals surface area contributed by atoms with Crippen LogP contribution in [0.1, 0.15) is 49.3 Å². The Hall–Kier alpha value is -2.54. The van der Waals surface area contributed by atoms with E-state index in [1.807, 2.05) is 49.7 Å². The van der Waals surface area contributed by atoms with Gasteiger partial charge in [-0.25, -0.2) is 4.79 Å². The molecule has 3 rings (SSSR count). The fourth-order valence-electron chi connectivity index (χ4n) is 3.91. The summed E-state index contributed by atoms with van der Waals surface area (Å²) in [5.41, 5.74) is 3.17. The summed E-state index contributed by atoms with van der Waals surface area (Å²) < 4.78 is 7.10. The maximum Gasteiger partial charge on any atom is 0.407 e. The fraction of sp³-hybridized carbons (Fsp3) is 0.500. The van der Waals surface area contributed by atoms with Crippen LogP contribution >= 0.6 is 0 Å². The number of hydrogen-bond acceptors (Lipinski definition) is 4. The molecule has 2 aromatic rings. The number of ether oxygens (including phenoxy) is 1. The molecule has 27 heavy (non-hydrogen) atoms. The Kier molecular flexibility index (Phi) is 5.15. The molecule has 1 aliphatic rings. The van der Waals surface area contributed by atoms with E-state index in [2.05, 4.69) is 5.10 Å². The van der Waals surface area contributed by atoms with Crippen molar-refractivity contribution >= 4 is 6.09 Å². The number of aromatic nitrogens is 2. The van der Waals surface area contributed by atoms with Gasteiger partial charge >= 0.3 is 6.09 Å². The molecule has 1 aliphatic heterocycles. The minimum absolute atomic E-state index is 0.210. The number of amides is 1. The maximum atomic E-state index is 11.8. The molecule has 1 amide bonds. The molecule has 0 saturated heterocycles. The highest BCUT2D eigenvalue weighted by Gasteiger charge is 2.42. The van der Waals surface area contributed by atoms with Gasteiger partial charge < -0.3 is 19.8 Å². The van der Waals surface area contributed by atoms with Gasteiger partial charge in [0.1, 0.15) is 5.75 Å². The molecule has 0 bridgehead atoms. The molecule has 7 nitrogen and oxygen atoms in total. The van der Waals surface area contributed by atoms with Gasteiger partial charge in [-0.1, -0.05) is 32.9 Å². The van der Waals surface area contributed by atoms with Gasteiger partial charge in [0, 0.05) is 24.2 Å². The van der Waals surface area contributed by atoms with Crippen LogP contribution in [0.2, 0.25) is 0 Å². The van der Waals surface area contributed by atoms with Crippen LogP contribution in [0, 0.1) is 5.41 Å². The van der Waals surface area contributed by atoms with E-state index in [-0.39, 0.29) is 18.1 Å². The van der Waals surface area contributed by atoms with Gasteiger partial charge in [-0.05, 0) is 23.1 Å². The highest BCUT2D eigenvalue weighted by Crippen LogP contribution is 2.44. The minimum Gasteiger partial charge on any atom is -0.497 e. The normalized spacial score (nSPS) is 16.9. The van der Waals surface area contributed by atoms with Gasteiger partial charge in [0.15, 0.2) is 0 Å². The Morgan fingerprint density at radius 2 is 1.96 bits per heavy atom. The summed E-state index contributed by atoms with van der Waals surface area (Å²) in [4.78, 5) is 13.3. The van der Waals surface area contributed by atoms with E-state index in [0.717, 1.165) is 22.6 Å². The largest absolute Gasteiger partial charge is 0.497 e. The Labute approximate surface area is 159 Å². The van der Waals surface area contributed by atoms with Crippen LogP contribution < -0.4 is 4.74 Å². The number of aliphatic hydroxyl groups excluding tert-OH is 1. The summed E-state index contributed by atoms with van der Waals surface area (Å²) in [6, 6.07) is 7.44. The lowest BCUT2D eigenvalue weighted by molar-refractivity contribution is 0.0741. The number of nitrogens with zero attached hydrogens (tertiary/aromatic N) is 3. The second-order valence-electron chi connectivity index (χ2n) is 7.97. The van der Waals surface area contributed by atoms with E-state index >= 15 is 0 Å². The summed E-state index contributed by atoms with van der Waals surface area (Å²) in [6.45, 7) is 6.83. The fourth-order valence-corrected chi connectivity index (χ4v) is 3.91. The van der Waals surface area contributed by atoms with Crippen LogP contribution in [-0.2, 0) is 19.6 Å². The van der Waals surface area contributed by atoms with E-state index in [4.69, 9.17) is 4.74 Å². The second kappa shape index (κ2) is 7.23. The Morgan fingerprint density at radius 1 is 1.30 bits per heavy atom. The van der Waals surface area contributed by atoms with Crippen molar-refractivity contribution in [3.05, 3.63) is 46.8 Å². The van der Waals surface area contributed by atoms with Crippen molar-refractivity contribution < 1.29 is 19.7 Å². The van der Waals surface area contributed by atoms with E-state index < -0.39 is 6.09 Å². The monoisotopic (exact) mass is 373 g/mol. The molecule has 1 aromatic heterocycles. The first kappa shape index (κ1) is 19.2. The maximum absolute atomic E-state index is 11.8. The average molecular weight is 373 g/mol. The van der Waals surface area contributed by atoms with Crippen molar-refractivity contribution in [1.29, 1.82) is 0 Å². The number of carbonyl (C=O) groups is 1. The van der Waals surface area contributed by atoms with E-state index in [0.29, 0.717) is 25.2 Å². The summed E-state index contributed by atoms with van der Waals surface area (Å²) in [5.74, 6) is 0.794. The zero-order chi connectivity index (χ0) is 19.8. The topological polar surface area (TPSA) is 87.8 Å². The van der Waals surface area contributed by atoms with Gasteiger partial charge in [-0.15, -0.1) is 0 Å². The lowest BCUT2D eigenvalue weighted by Gasteiger charge is -2.42. The van der Waals surface area contributed by atoms with Gasteiger partial charge in [0.05, 0.1) is 32.0 Å². The highest BCUT2D eigenvalue weighted by molar-refractivity contribution is 5.67. The third kappa shape index (κ3) is 3.64.